The van der Waals surface area contributed by atoms with E-state index < -0.39 is 23.2 Å². The van der Waals surface area contributed by atoms with Gasteiger partial charge in [0.15, 0.2) is 11.6 Å². The number of aromatic carboxylic acids is 1. The van der Waals surface area contributed by atoms with Crippen LogP contribution >= 0.6 is 0 Å². The summed E-state index contributed by atoms with van der Waals surface area (Å²) in [5, 5.41) is 12.3. The zero-order chi connectivity index (χ0) is 17.7. The van der Waals surface area contributed by atoms with Crippen molar-refractivity contribution in [2.24, 2.45) is 5.92 Å². The van der Waals surface area contributed by atoms with E-state index in [0.717, 1.165) is 31.0 Å². The first-order valence-corrected chi connectivity index (χ1v) is 8.55. The molecule has 130 valence electrons. The van der Waals surface area contributed by atoms with E-state index in [2.05, 4.69) is 18.3 Å². The maximum Gasteiger partial charge on any atom is 0.338 e. The summed E-state index contributed by atoms with van der Waals surface area (Å²) < 4.78 is 28.8. The van der Waals surface area contributed by atoms with Crippen molar-refractivity contribution in [1.29, 1.82) is 0 Å². The fourth-order valence-corrected chi connectivity index (χ4v) is 4.45. The van der Waals surface area contributed by atoms with Crippen molar-refractivity contribution in [1.82, 2.24) is 0 Å². The number of aryl methyl sites for hydroxylation is 1. The van der Waals surface area contributed by atoms with Gasteiger partial charge in [0, 0.05) is 11.3 Å². The summed E-state index contributed by atoms with van der Waals surface area (Å²) in [5.41, 5.74) is 2.98. The molecule has 0 spiro atoms. The van der Waals surface area contributed by atoms with Gasteiger partial charge in [0.2, 0.25) is 0 Å². The van der Waals surface area contributed by atoms with Gasteiger partial charge in [-0.1, -0.05) is 30.2 Å². The van der Waals surface area contributed by atoms with Gasteiger partial charge in [0.1, 0.15) is 0 Å². The zero-order valence-electron chi connectivity index (χ0n) is 13.9. The molecule has 1 aliphatic heterocycles. The number of hydrogen-bond donors (Lipinski definition) is 2. The van der Waals surface area contributed by atoms with Crippen molar-refractivity contribution in [2.45, 2.75) is 38.1 Å². The van der Waals surface area contributed by atoms with E-state index in [1.165, 1.54) is 17.2 Å². The van der Waals surface area contributed by atoms with Gasteiger partial charge in [-0.05, 0) is 49.3 Å². The van der Waals surface area contributed by atoms with E-state index in [9.17, 15) is 13.6 Å². The van der Waals surface area contributed by atoms with Crippen LogP contribution in [0.25, 0.3) is 0 Å². The minimum atomic E-state index is -1.46. The second kappa shape index (κ2) is 5.83. The van der Waals surface area contributed by atoms with E-state index in [4.69, 9.17) is 5.11 Å². The van der Waals surface area contributed by atoms with Crippen molar-refractivity contribution >= 4 is 11.7 Å². The highest BCUT2D eigenvalue weighted by Gasteiger charge is 2.41. The first kappa shape index (κ1) is 16.1. The normalized spacial score (nSPS) is 24.4. The number of fused-ring (bicyclic) bond motifs is 3. The minimum Gasteiger partial charge on any atom is -0.478 e. The molecule has 1 aliphatic carbocycles. The van der Waals surface area contributed by atoms with E-state index >= 15 is 0 Å². The Hall–Kier alpha value is -2.43. The highest BCUT2D eigenvalue weighted by molar-refractivity contribution is 5.88. The number of hydrogen-bond acceptors (Lipinski definition) is 2. The van der Waals surface area contributed by atoms with Crippen molar-refractivity contribution in [3.63, 3.8) is 0 Å². The topological polar surface area (TPSA) is 49.3 Å². The molecule has 5 heteroatoms. The van der Waals surface area contributed by atoms with Gasteiger partial charge in [-0.3, -0.25) is 0 Å². The lowest BCUT2D eigenvalue weighted by molar-refractivity contribution is 0.0690. The number of anilines is 1. The molecule has 2 aliphatic rings. The molecule has 0 bridgehead atoms. The fraction of sp³-hybridized carbons (Fsp3) is 0.350. The number of carboxylic acid groups (broad SMARTS) is 1. The van der Waals surface area contributed by atoms with Crippen LogP contribution in [0.1, 0.15) is 58.3 Å². The molecule has 4 rings (SSSR count). The monoisotopic (exact) mass is 343 g/mol. The molecule has 2 N–H and O–H groups in total. The van der Waals surface area contributed by atoms with Crippen LogP contribution in [0, 0.1) is 24.5 Å². The van der Waals surface area contributed by atoms with Gasteiger partial charge in [0.05, 0.1) is 11.6 Å². The van der Waals surface area contributed by atoms with Crippen LogP contribution in [0.5, 0.6) is 0 Å². The number of carbonyl (C=O) groups is 1. The molecule has 3 atom stereocenters. The third kappa shape index (κ3) is 2.49. The summed E-state index contributed by atoms with van der Waals surface area (Å²) in [6.07, 6.45) is 3.03. The summed E-state index contributed by atoms with van der Waals surface area (Å²) in [7, 11) is 0. The summed E-state index contributed by atoms with van der Waals surface area (Å²) >= 11 is 0. The molecule has 2 aromatic rings. The largest absolute Gasteiger partial charge is 0.478 e. The number of halogens is 2. The Balaban J connectivity index is 1.80. The third-order valence-corrected chi connectivity index (χ3v) is 5.59. The summed E-state index contributed by atoms with van der Waals surface area (Å²) in [6, 6.07) is 8.39. The Morgan fingerprint density at radius 2 is 1.92 bits per heavy atom. The molecular formula is C20H19F2NO2. The zero-order valence-corrected chi connectivity index (χ0v) is 13.9. The molecule has 0 amide bonds. The van der Waals surface area contributed by atoms with Gasteiger partial charge in [-0.15, -0.1) is 0 Å². The standard InChI is InChI=1S/C20H19F2NO2/c1-10-5-8-16-15(9-10)11-3-2-4-12(11)19(23-16)13-6-7-14(20(24)25)18(22)17(13)21/h5-9,11-12,19,23H,2-4H2,1H3,(H,24,25)/t11-,12+,19-/m1/s1. The molecule has 2 aromatic carbocycles. The maximum atomic E-state index is 14.6. The van der Waals surface area contributed by atoms with E-state index in [0.29, 0.717) is 5.92 Å². The van der Waals surface area contributed by atoms with Crippen LogP contribution in [-0.4, -0.2) is 11.1 Å². The summed E-state index contributed by atoms with van der Waals surface area (Å²) in [4.78, 5) is 11.0. The lowest BCUT2D eigenvalue weighted by Gasteiger charge is -2.38. The van der Waals surface area contributed by atoms with Crippen molar-refractivity contribution in [2.75, 3.05) is 5.32 Å². The summed E-state index contributed by atoms with van der Waals surface area (Å²) in [6.45, 7) is 2.05. The van der Waals surface area contributed by atoms with Gasteiger partial charge in [-0.25, -0.2) is 13.6 Å². The lowest BCUT2D eigenvalue weighted by atomic mass is 9.76. The van der Waals surface area contributed by atoms with Crippen molar-refractivity contribution < 1.29 is 18.7 Å². The molecule has 1 heterocycles. The van der Waals surface area contributed by atoms with Crippen LogP contribution < -0.4 is 5.32 Å². The van der Waals surface area contributed by atoms with E-state index in [1.54, 1.807) is 0 Å². The average molecular weight is 343 g/mol. The van der Waals surface area contributed by atoms with Gasteiger partial charge in [0.25, 0.3) is 0 Å². The lowest BCUT2D eigenvalue weighted by Crippen LogP contribution is -2.30. The maximum absolute atomic E-state index is 14.6. The third-order valence-electron chi connectivity index (χ3n) is 5.59. The van der Waals surface area contributed by atoms with E-state index in [1.807, 2.05) is 12.1 Å². The first-order chi connectivity index (χ1) is 12.0. The van der Waals surface area contributed by atoms with Crippen LogP contribution in [0.2, 0.25) is 0 Å². The molecule has 0 radical (unpaired) electrons. The quantitative estimate of drug-likeness (QED) is 0.805. The van der Waals surface area contributed by atoms with Crippen LogP contribution in [0.3, 0.4) is 0 Å². The van der Waals surface area contributed by atoms with E-state index in [-0.39, 0.29) is 17.5 Å². The number of rotatable bonds is 2. The Labute approximate surface area is 144 Å². The smallest absolute Gasteiger partial charge is 0.338 e. The molecular weight excluding hydrogens is 324 g/mol. The van der Waals surface area contributed by atoms with Crippen molar-refractivity contribution in [3.05, 3.63) is 64.2 Å². The highest BCUT2D eigenvalue weighted by Crippen LogP contribution is 2.53. The molecule has 3 nitrogen and oxygen atoms in total. The Morgan fingerprint density at radius 1 is 1.12 bits per heavy atom. The Morgan fingerprint density at radius 3 is 2.68 bits per heavy atom. The predicted molar refractivity (Wildman–Crippen MR) is 90.9 cm³/mol. The number of benzene rings is 2. The summed E-state index contributed by atoms with van der Waals surface area (Å²) in [5.74, 6) is -3.30. The number of carboxylic acids is 1. The molecule has 0 aromatic heterocycles. The molecule has 1 saturated carbocycles. The van der Waals surface area contributed by atoms with Crippen LogP contribution in [-0.2, 0) is 0 Å². The van der Waals surface area contributed by atoms with Crippen LogP contribution in [0.4, 0.5) is 14.5 Å². The molecule has 0 unspecified atom stereocenters. The predicted octanol–water partition coefficient (Wildman–Crippen LogP) is 5.02. The average Bonchev–Trinajstić information content (AvgIpc) is 3.06. The second-order valence-corrected chi connectivity index (χ2v) is 7.05. The highest BCUT2D eigenvalue weighted by atomic mass is 19.2. The number of nitrogens with one attached hydrogen (secondary N) is 1. The fourth-order valence-electron chi connectivity index (χ4n) is 4.45. The second-order valence-electron chi connectivity index (χ2n) is 7.05. The van der Waals surface area contributed by atoms with Gasteiger partial charge >= 0.3 is 5.97 Å². The molecule has 1 fully saturated rings. The minimum absolute atomic E-state index is 0.180. The Kier molecular flexibility index (Phi) is 3.74. The first-order valence-electron chi connectivity index (χ1n) is 8.55. The Bertz CT molecular complexity index is 865. The van der Waals surface area contributed by atoms with Crippen LogP contribution in [0.15, 0.2) is 30.3 Å². The van der Waals surface area contributed by atoms with Gasteiger partial charge in [-0.2, -0.15) is 0 Å². The molecule has 0 saturated heterocycles. The SMILES string of the molecule is Cc1ccc2c(c1)[C@@H]1CCC[C@@H]1[C@H](c1ccc(C(=O)O)c(F)c1F)N2. The van der Waals surface area contributed by atoms with Crippen molar-refractivity contribution in [3.8, 4) is 0 Å². The van der Waals surface area contributed by atoms with Gasteiger partial charge < -0.3 is 10.4 Å². The molecule has 25 heavy (non-hydrogen) atoms.